The van der Waals surface area contributed by atoms with Gasteiger partial charge in [-0.1, -0.05) is 11.6 Å². The third-order valence-electron chi connectivity index (χ3n) is 7.43. The van der Waals surface area contributed by atoms with Crippen LogP contribution in [0.3, 0.4) is 0 Å². The lowest BCUT2D eigenvalue weighted by atomic mass is 10.1. The molecule has 5 heterocycles. The molecule has 42 heavy (non-hydrogen) atoms. The Kier molecular flexibility index (Phi) is 8.18. The summed E-state index contributed by atoms with van der Waals surface area (Å²) < 4.78 is 47.9. The highest BCUT2D eigenvalue weighted by atomic mass is 35.5. The quantitative estimate of drug-likeness (QED) is 0.273. The van der Waals surface area contributed by atoms with Crippen LogP contribution in [0.15, 0.2) is 42.7 Å². The van der Waals surface area contributed by atoms with Gasteiger partial charge in [-0.3, -0.25) is 9.88 Å². The molecule has 220 valence electrons. The van der Waals surface area contributed by atoms with E-state index in [1.165, 1.54) is 12.3 Å². The number of pyridine rings is 2. The molecule has 1 aromatic carbocycles. The number of likely N-dealkylation sites (tertiary alicyclic amines) is 1. The first-order valence-electron chi connectivity index (χ1n) is 13.6. The predicted octanol–water partition coefficient (Wildman–Crippen LogP) is 4.87. The summed E-state index contributed by atoms with van der Waals surface area (Å²) in [5.41, 5.74) is 1.08. The summed E-state index contributed by atoms with van der Waals surface area (Å²) in [5, 5.41) is 9.62. The minimum absolute atomic E-state index is 0.00559. The Bertz CT molecular complexity index is 1610. The summed E-state index contributed by atoms with van der Waals surface area (Å²) >= 11 is 5.74. The second kappa shape index (κ2) is 12.2. The lowest BCUT2D eigenvalue weighted by Crippen LogP contribution is -2.39. The van der Waals surface area contributed by atoms with Gasteiger partial charge in [0, 0.05) is 38.2 Å². The molecule has 4 aromatic rings. The van der Waals surface area contributed by atoms with Gasteiger partial charge in [0.05, 0.1) is 41.0 Å². The Morgan fingerprint density at radius 1 is 1.12 bits per heavy atom. The van der Waals surface area contributed by atoms with Crippen molar-refractivity contribution in [2.75, 3.05) is 19.7 Å². The number of carboxylic acid groups (broad SMARTS) is 1. The molecule has 2 fully saturated rings. The summed E-state index contributed by atoms with van der Waals surface area (Å²) in [6.07, 6.45) is 5.31. The van der Waals surface area contributed by atoms with Crippen LogP contribution in [0.5, 0.6) is 11.6 Å². The summed E-state index contributed by atoms with van der Waals surface area (Å²) in [6.45, 7) is 3.14. The molecule has 13 heteroatoms. The zero-order valence-electron chi connectivity index (χ0n) is 22.5. The molecular weight excluding hydrogens is 572 g/mol. The first kappa shape index (κ1) is 28.3. The van der Waals surface area contributed by atoms with Crippen molar-refractivity contribution >= 4 is 28.6 Å². The van der Waals surface area contributed by atoms with E-state index < -0.39 is 17.6 Å². The number of carboxylic acids is 1. The topological polar surface area (TPSA) is 112 Å². The van der Waals surface area contributed by atoms with Gasteiger partial charge in [-0.2, -0.15) is 0 Å². The van der Waals surface area contributed by atoms with Crippen LogP contribution >= 0.6 is 11.6 Å². The molecule has 1 unspecified atom stereocenters. The summed E-state index contributed by atoms with van der Waals surface area (Å²) in [5.74, 6) is -1.33. The highest BCUT2D eigenvalue weighted by molar-refractivity contribution is 6.30. The van der Waals surface area contributed by atoms with E-state index >= 15 is 0 Å². The van der Waals surface area contributed by atoms with Gasteiger partial charge in [0.1, 0.15) is 29.8 Å². The van der Waals surface area contributed by atoms with Crippen LogP contribution in [0.25, 0.3) is 11.0 Å². The zero-order valence-corrected chi connectivity index (χ0v) is 23.3. The van der Waals surface area contributed by atoms with Crippen LogP contribution in [-0.4, -0.2) is 67.4 Å². The van der Waals surface area contributed by atoms with E-state index in [4.69, 9.17) is 25.8 Å². The molecule has 1 N–H and O–H groups in total. The second-order valence-electron chi connectivity index (χ2n) is 10.4. The van der Waals surface area contributed by atoms with Gasteiger partial charge >= 0.3 is 5.97 Å². The summed E-state index contributed by atoms with van der Waals surface area (Å²) in [6, 6.07) is 7.15. The van der Waals surface area contributed by atoms with Gasteiger partial charge in [-0.15, -0.1) is 0 Å². The number of aromatic carboxylic acids is 1. The number of halogens is 3. The van der Waals surface area contributed by atoms with E-state index in [1.807, 2.05) is 4.57 Å². The minimum atomic E-state index is -1.19. The SMILES string of the molecule is O=C(O)c1cc(F)c2nc(CN3CCC(Oc4ccnc(COc5ncc(Cl)cc5F)c4)CC3)n(CC3CCO3)c2c1. The molecule has 0 amide bonds. The first-order chi connectivity index (χ1) is 20.3. The molecule has 2 aliphatic rings. The molecule has 0 saturated carbocycles. The Morgan fingerprint density at radius 3 is 2.64 bits per heavy atom. The van der Waals surface area contributed by atoms with Crippen molar-refractivity contribution in [3.05, 3.63) is 76.5 Å². The average molecular weight is 600 g/mol. The number of ether oxygens (including phenoxy) is 3. The van der Waals surface area contributed by atoms with E-state index in [0.717, 1.165) is 44.5 Å². The molecule has 2 aliphatic heterocycles. The zero-order chi connectivity index (χ0) is 29.2. The van der Waals surface area contributed by atoms with Crippen LogP contribution in [0.4, 0.5) is 8.78 Å². The number of aromatic nitrogens is 4. The lowest BCUT2D eigenvalue weighted by Gasteiger charge is -2.32. The Labute approximate surface area is 244 Å². The first-order valence-corrected chi connectivity index (χ1v) is 14.0. The second-order valence-corrected chi connectivity index (χ2v) is 10.8. The van der Waals surface area contributed by atoms with Gasteiger partial charge < -0.3 is 23.9 Å². The molecule has 6 rings (SSSR count). The highest BCUT2D eigenvalue weighted by Crippen LogP contribution is 2.27. The molecule has 0 bridgehead atoms. The molecular formula is C29H28ClF2N5O5. The highest BCUT2D eigenvalue weighted by Gasteiger charge is 2.27. The van der Waals surface area contributed by atoms with Crippen molar-refractivity contribution < 1.29 is 32.9 Å². The van der Waals surface area contributed by atoms with Crippen LogP contribution in [0.2, 0.25) is 5.02 Å². The van der Waals surface area contributed by atoms with E-state index in [0.29, 0.717) is 42.5 Å². The van der Waals surface area contributed by atoms with Crippen molar-refractivity contribution in [1.82, 2.24) is 24.4 Å². The van der Waals surface area contributed by atoms with Crippen molar-refractivity contribution in [1.29, 1.82) is 0 Å². The van der Waals surface area contributed by atoms with Crippen LogP contribution in [0.1, 0.15) is 41.1 Å². The van der Waals surface area contributed by atoms with Gasteiger partial charge in [0.2, 0.25) is 0 Å². The fourth-order valence-corrected chi connectivity index (χ4v) is 5.29. The van der Waals surface area contributed by atoms with Crippen molar-refractivity contribution in [2.45, 2.75) is 51.2 Å². The average Bonchev–Trinajstić information content (AvgIpc) is 3.28. The van der Waals surface area contributed by atoms with Crippen LogP contribution in [-0.2, 0) is 24.4 Å². The monoisotopic (exact) mass is 599 g/mol. The van der Waals surface area contributed by atoms with E-state index in [-0.39, 0.29) is 40.8 Å². The van der Waals surface area contributed by atoms with Crippen LogP contribution < -0.4 is 9.47 Å². The molecule has 2 saturated heterocycles. The largest absolute Gasteiger partial charge is 0.490 e. The molecule has 0 aliphatic carbocycles. The maximum atomic E-state index is 14.8. The number of carbonyl (C=O) groups is 1. The number of nitrogens with zero attached hydrogens (tertiary/aromatic N) is 5. The smallest absolute Gasteiger partial charge is 0.335 e. The van der Waals surface area contributed by atoms with Gasteiger partial charge in [0.15, 0.2) is 11.6 Å². The number of benzene rings is 1. The molecule has 1 atom stereocenters. The van der Waals surface area contributed by atoms with Crippen molar-refractivity contribution in [2.24, 2.45) is 0 Å². The maximum absolute atomic E-state index is 14.8. The van der Waals surface area contributed by atoms with E-state index in [2.05, 4.69) is 19.9 Å². The predicted molar refractivity (Wildman–Crippen MR) is 148 cm³/mol. The standard InChI is InChI=1S/C29H28ClF2N5O5/c30-18-11-24(32)28(34-13-18)41-16-19-12-21(1-5-33-19)42-20-2-6-36(7-3-20)15-26-35-27-23(31)9-17(29(38)39)10-25(27)37(26)14-22-4-8-40-22/h1,5,9-13,20,22H,2-4,6-8,14-16H2,(H,38,39). The van der Waals surface area contributed by atoms with E-state index in [1.54, 1.807) is 18.3 Å². The van der Waals surface area contributed by atoms with Gasteiger partial charge in [0.25, 0.3) is 5.88 Å². The third-order valence-corrected chi connectivity index (χ3v) is 7.64. The fourth-order valence-electron chi connectivity index (χ4n) is 5.15. The number of rotatable bonds is 10. The summed E-state index contributed by atoms with van der Waals surface area (Å²) in [7, 11) is 0. The number of hydrogen-bond acceptors (Lipinski definition) is 8. The lowest BCUT2D eigenvalue weighted by molar-refractivity contribution is -0.0592. The number of hydrogen-bond donors (Lipinski definition) is 1. The summed E-state index contributed by atoms with van der Waals surface area (Å²) in [4.78, 5) is 26.5. The number of piperidine rings is 1. The molecule has 10 nitrogen and oxygen atoms in total. The normalized spacial score (nSPS) is 17.7. The maximum Gasteiger partial charge on any atom is 0.335 e. The minimum Gasteiger partial charge on any atom is -0.490 e. The number of fused-ring (bicyclic) bond motifs is 1. The Hall–Kier alpha value is -3.87. The van der Waals surface area contributed by atoms with E-state index in [9.17, 15) is 18.7 Å². The van der Waals surface area contributed by atoms with Gasteiger partial charge in [-0.25, -0.2) is 23.5 Å². The molecule has 3 aromatic heterocycles. The van der Waals surface area contributed by atoms with Crippen molar-refractivity contribution in [3.63, 3.8) is 0 Å². The number of imidazole rings is 1. The third kappa shape index (κ3) is 6.30. The van der Waals surface area contributed by atoms with Crippen molar-refractivity contribution in [3.8, 4) is 11.6 Å². The Morgan fingerprint density at radius 2 is 1.93 bits per heavy atom. The Balaban J connectivity index is 1.08. The molecule has 0 radical (unpaired) electrons. The van der Waals surface area contributed by atoms with Gasteiger partial charge in [-0.05, 0) is 43.5 Å². The van der Waals surface area contributed by atoms with Crippen LogP contribution in [0, 0.1) is 11.6 Å². The fraction of sp³-hybridized carbons (Fsp3) is 0.379. The molecule has 0 spiro atoms.